The lowest BCUT2D eigenvalue weighted by Crippen LogP contribution is -2.55. The fraction of sp³-hybridized carbons (Fsp3) is 0.654. The molecule has 1 aromatic rings. The van der Waals surface area contributed by atoms with Gasteiger partial charge in [-0.05, 0) is 50.7 Å². The number of piperidine rings is 1. The van der Waals surface area contributed by atoms with Crippen LogP contribution in [0.25, 0.3) is 0 Å². The van der Waals surface area contributed by atoms with Crippen molar-refractivity contribution >= 4 is 17.7 Å². The summed E-state index contributed by atoms with van der Waals surface area (Å²) in [6.45, 7) is 5.41. The highest BCUT2D eigenvalue weighted by Crippen LogP contribution is 2.23. The standard InChI is InChI=1S/C26H39N3O3/c1-3-4-5-14-24(30)29-17-15-20(16-18-29)25(31)27-22-12-8-9-13-23(22)28-26(32)21-11-7-6-10-19(21)2/h6-7,10-11,20,22-23H,3-5,8-9,12-18H2,1-2H3,(H,27,31)(H,28,32)/t22-,23-/m1/s1. The van der Waals surface area contributed by atoms with Gasteiger partial charge in [-0.3, -0.25) is 14.4 Å². The van der Waals surface area contributed by atoms with Crippen LogP contribution in [0.2, 0.25) is 0 Å². The molecule has 1 saturated heterocycles. The molecule has 3 rings (SSSR count). The Morgan fingerprint density at radius 1 is 0.938 bits per heavy atom. The summed E-state index contributed by atoms with van der Waals surface area (Å²) in [4.78, 5) is 40.0. The van der Waals surface area contributed by atoms with Crippen molar-refractivity contribution in [2.24, 2.45) is 5.92 Å². The van der Waals surface area contributed by atoms with Crippen LogP contribution in [0.1, 0.15) is 87.1 Å². The lowest BCUT2D eigenvalue weighted by atomic mass is 9.88. The monoisotopic (exact) mass is 441 g/mol. The summed E-state index contributed by atoms with van der Waals surface area (Å²) < 4.78 is 0. The number of nitrogens with zero attached hydrogens (tertiary/aromatic N) is 1. The molecule has 0 aromatic heterocycles. The molecular weight excluding hydrogens is 402 g/mol. The molecule has 1 saturated carbocycles. The van der Waals surface area contributed by atoms with Gasteiger partial charge in [-0.15, -0.1) is 0 Å². The number of aryl methyl sites for hydroxylation is 1. The molecule has 1 aromatic carbocycles. The van der Waals surface area contributed by atoms with Gasteiger partial charge in [0, 0.05) is 43.1 Å². The Balaban J connectivity index is 1.49. The maximum Gasteiger partial charge on any atom is 0.251 e. The molecule has 0 spiro atoms. The molecule has 2 N–H and O–H groups in total. The highest BCUT2D eigenvalue weighted by molar-refractivity contribution is 5.95. The Labute approximate surface area is 192 Å². The fourth-order valence-electron chi connectivity index (χ4n) is 4.93. The molecule has 2 fully saturated rings. The predicted octanol–water partition coefficient (Wildman–Crippen LogP) is 3.97. The SMILES string of the molecule is CCCCCC(=O)N1CCC(C(=O)N[C@@H]2CCCC[C@H]2NC(=O)c2ccccc2C)CC1. The second-order valence-electron chi connectivity index (χ2n) is 9.41. The number of benzene rings is 1. The molecule has 0 radical (unpaired) electrons. The summed E-state index contributed by atoms with van der Waals surface area (Å²) in [6, 6.07) is 7.52. The van der Waals surface area contributed by atoms with E-state index in [2.05, 4.69) is 17.6 Å². The van der Waals surface area contributed by atoms with Crippen LogP contribution in [0, 0.1) is 12.8 Å². The third-order valence-corrected chi connectivity index (χ3v) is 7.01. The number of amides is 3. The van der Waals surface area contributed by atoms with Gasteiger partial charge in [0.1, 0.15) is 0 Å². The second-order valence-corrected chi connectivity index (χ2v) is 9.41. The molecule has 176 valence electrons. The molecule has 2 atom stereocenters. The molecule has 3 amide bonds. The minimum atomic E-state index is -0.0656. The van der Waals surface area contributed by atoms with E-state index >= 15 is 0 Å². The molecule has 1 aliphatic carbocycles. The third-order valence-electron chi connectivity index (χ3n) is 7.01. The molecule has 32 heavy (non-hydrogen) atoms. The van der Waals surface area contributed by atoms with Crippen LogP contribution in [0.15, 0.2) is 24.3 Å². The predicted molar refractivity (Wildman–Crippen MR) is 126 cm³/mol. The number of unbranched alkanes of at least 4 members (excludes halogenated alkanes) is 2. The Kier molecular flexibility index (Phi) is 9.12. The highest BCUT2D eigenvalue weighted by atomic mass is 16.2. The first kappa shape index (κ1) is 24.3. The summed E-state index contributed by atoms with van der Waals surface area (Å²) in [5.74, 6) is 0.183. The highest BCUT2D eigenvalue weighted by Gasteiger charge is 2.32. The number of carbonyl (C=O) groups excluding carboxylic acids is 3. The maximum absolute atomic E-state index is 13.0. The number of carbonyl (C=O) groups is 3. The first-order valence-electron chi connectivity index (χ1n) is 12.4. The van der Waals surface area contributed by atoms with Crippen LogP contribution in [0.4, 0.5) is 0 Å². The largest absolute Gasteiger partial charge is 0.351 e. The van der Waals surface area contributed by atoms with Gasteiger partial charge in [0.15, 0.2) is 0 Å². The summed E-state index contributed by atoms with van der Waals surface area (Å²) in [6.07, 6.45) is 9.11. The van der Waals surface area contributed by atoms with Crippen LogP contribution in [0.5, 0.6) is 0 Å². The van der Waals surface area contributed by atoms with Crippen molar-refractivity contribution in [1.82, 2.24) is 15.5 Å². The molecule has 0 unspecified atom stereocenters. The van der Waals surface area contributed by atoms with E-state index < -0.39 is 0 Å². The van der Waals surface area contributed by atoms with E-state index in [9.17, 15) is 14.4 Å². The quantitative estimate of drug-likeness (QED) is 0.599. The summed E-state index contributed by atoms with van der Waals surface area (Å²) in [7, 11) is 0. The van der Waals surface area contributed by atoms with E-state index in [-0.39, 0.29) is 35.7 Å². The van der Waals surface area contributed by atoms with Crippen LogP contribution in [0.3, 0.4) is 0 Å². The van der Waals surface area contributed by atoms with Crippen molar-refractivity contribution in [2.45, 2.75) is 90.1 Å². The summed E-state index contributed by atoms with van der Waals surface area (Å²) >= 11 is 0. The van der Waals surface area contributed by atoms with E-state index in [0.29, 0.717) is 25.1 Å². The minimum Gasteiger partial charge on any atom is -0.351 e. The van der Waals surface area contributed by atoms with Gasteiger partial charge >= 0.3 is 0 Å². The number of hydrogen-bond acceptors (Lipinski definition) is 3. The molecule has 6 nitrogen and oxygen atoms in total. The van der Waals surface area contributed by atoms with Crippen molar-refractivity contribution in [3.05, 3.63) is 35.4 Å². The van der Waals surface area contributed by atoms with Crippen LogP contribution >= 0.6 is 0 Å². The second kappa shape index (κ2) is 12.0. The zero-order valence-corrected chi connectivity index (χ0v) is 19.7. The maximum atomic E-state index is 13.0. The average Bonchev–Trinajstić information content (AvgIpc) is 2.80. The topological polar surface area (TPSA) is 78.5 Å². The molecule has 2 aliphatic rings. The van der Waals surface area contributed by atoms with E-state index in [1.54, 1.807) is 0 Å². The van der Waals surface area contributed by atoms with E-state index in [1.165, 1.54) is 0 Å². The smallest absolute Gasteiger partial charge is 0.251 e. The van der Waals surface area contributed by atoms with Gasteiger partial charge in [0.2, 0.25) is 11.8 Å². The van der Waals surface area contributed by atoms with Gasteiger partial charge in [-0.2, -0.15) is 0 Å². The number of hydrogen-bond donors (Lipinski definition) is 2. The van der Waals surface area contributed by atoms with Gasteiger partial charge in [-0.25, -0.2) is 0 Å². The Morgan fingerprint density at radius 3 is 2.25 bits per heavy atom. The van der Waals surface area contributed by atoms with Gasteiger partial charge in [-0.1, -0.05) is 50.8 Å². The van der Waals surface area contributed by atoms with Crippen molar-refractivity contribution in [2.75, 3.05) is 13.1 Å². The Hall–Kier alpha value is -2.37. The summed E-state index contributed by atoms with van der Waals surface area (Å²) in [5, 5.41) is 6.41. The summed E-state index contributed by atoms with van der Waals surface area (Å²) in [5.41, 5.74) is 1.65. The normalized spacial score (nSPS) is 21.8. The zero-order chi connectivity index (χ0) is 22.9. The number of nitrogens with one attached hydrogen (secondary N) is 2. The van der Waals surface area contributed by atoms with E-state index in [1.807, 2.05) is 36.1 Å². The molecule has 1 heterocycles. The molecular formula is C26H39N3O3. The first-order chi connectivity index (χ1) is 15.5. The Bertz CT molecular complexity index is 786. The van der Waals surface area contributed by atoms with E-state index in [0.717, 1.165) is 63.4 Å². The molecule has 6 heteroatoms. The third kappa shape index (κ3) is 6.57. The number of rotatable bonds is 8. The molecule has 1 aliphatic heterocycles. The van der Waals surface area contributed by atoms with Crippen LogP contribution < -0.4 is 10.6 Å². The lowest BCUT2D eigenvalue weighted by molar-refractivity contribution is -0.136. The molecule has 0 bridgehead atoms. The van der Waals surface area contributed by atoms with Crippen molar-refractivity contribution in [3.63, 3.8) is 0 Å². The van der Waals surface area contributed by atoms with Crippen LogP contribution in [-0.2, 0) is 9.59 Å². The van der Waals surface area contributed by atoms with Gasteiger partial charge < -0.3 is 15.5 Å². The van der Waals surface area contributed by atoms with Gasteiger partial charge in [0.05, 0.1) is 0 Å². The van der Waals surface area contributed by atoms with Crippen molar-refractivity contribution in [1.29, 1.82) is 0 Å². The van der Waals surface area contributed by atoms with Crippen molar-refractivity contribution in [3.8, 4) is 0 Å². The minimum absolute atomic E-state index is 0.0297. The van der Waals surface area contributed by atoms with Crippen molar-refractivity contribution < 1.29 is 14.4 Å². The average molecular weight is 442 g/mol. The Morgan fingerprint density at radius 2 is 1.59 bits per heavy atom. The zero-order valence-electron chi connectivity index (χ0n) is 19.7. The van der Waals surface area contributed by atoms with Crippen LogP contribution in [-0.4, -0.2) is 47.8 Å². The van der Waals surface area contributed by atoms with Gasteiger partial charge in [0.25, 0.3) is 5.91 Å². The number of likely N-dealkylation sites (tertiary alicyclic amines) is 1. The first-order valence-corrected chi connectivity index (χ1v) is 12.4. The van der Waals surface area contributed by atoms with E-state index in [4.69, 9.17) is 0 Å². The lowest BCUT2D eigenvalue weighted by Gasteiger charge is -2.36. The fourth-order valence-corrected chi connectivity index (χ4v) is 4.93.